The summed E-state index contributed by atoms with van der Waals surface area (Å²) >= 11 is 0. The zero-order valence-electron chi connectivity index (χ0n) is 39.0. The van der Waals surface area contributed by atoms with Crippen LogP contribution in [0.1, 0.15) is 284 Å². The molecule has 0 aromatic heterocycles. The number of amides is 1. The van der Waals surface area contributed by atoms with Gasteiger partial charge in [0.2, 0.25) is 5.91 Å². The molecule has 0 spiro atoms. The van der Waals surface area contributed by atoms with E-state index in [1.54, 1.807) is 0 Å². The van der Waals surface area contributed by atoms with E-state index in [9.17, 15) is 19.8 Å². The van der Waals surface area contributed by atoms with Crippen molar-refractivity contribution in [3.8, 4) is 0 Å². The summed E-state index contributed by atoms with van der Waals surface area (Å²) in [5, 5.41) is 23.2. The first kappa shape index (κ1) is 56.6. The number of aliphatic hydroxyl groups excluding tert-OH is 2. The molecule has 6 heteroatoms. The van der Waals surface area contributed by atoms with Crippen molar-refractivity contribution in [3.05, 3.63) is 12.2 Å². The van der Waals surface area contributed by atoms with Gasteiger partial charge >= 0.3 is 5.97 Å². The standard InChI is InChI=1S/C52H101NO5/c1-3-5-7-9-11-13-15-17-18-19-20-21-23-24-28-32-36-40-44-50(55)49(48-54)53-51(56)45-41-37-33-29-26-27-31-35-39-43-47-58-52(57)46-42-38-34-30-25-22-16-14-12-10-8-6-4-2/h27,31,49-50,54-55H,3-26,28-30,32-48H2,1-2H3,(H,53,56)/b31-27-. The molecule has 0 bridgehead atoms. The van der Waals surface area contributed by atoms with Crippen LogP contribution in [0, 0.1) is 0 Å². The zero-order valence-corrected chi connectivity index (χ0v) is 39.0. The number of unbranched alkanes of at least 4 members (excludes halogenated alkanes) is 35. The number of rotatable bonds is 48. The predicted molar refractivity (Wildman–Crippen MR) is 250 cm³/mol. The van der Waals surface area contributed by atoms with Crippen LogP contribution in [-0.4, -0.2) is 47.4 Å². The molecule has 0 fully saturated rings. The highest BCUT2D eigenvalue weighted by Gasteiger charge is 2.20. The van der Waals surface area contributed by atoms with Crippen molar-refractivity contribution in [1.29, 1.82) is 0 Å². The third kappa shape index (κ3) is 44.2. The third-order valence-electron chi connectivity index (χ3n) is 12.1. The van der Waals surface area contributed by atoms with E-state index in [0.717, 1.165) is 77.0 Å². The monoisotopic (exact) mass is 820 g/mol. The number of ether oxygens (including phenoxy) is 1. The summed E-state index contributed by atoms with van der Waals surface area (Å²) in [5.74, 6) is -0.103. The van der Waals surface area contributed by atoms with Gasteiger partial charge in [-0.1, -0.05) is 231 Å². The normalized spacial score (nSPS) is 12.7. The molecule has 2 atom stereocenters. The number of aliphatic hydroxyl groups is 2. The van der Waals surface area contributed by atoms with Crippen LogP contribution in [-0.2, 0) is 14.3 Å². The smallest absolute Gasteiger partial charge is 0.305 e. The Morgan fingerprint density at radius 3 is 1.22 bits per heavy atom. The van der Waals surface area contributed by atoms with Crippen LogP contribution in [0.15, 0.2) is 12.2 Å². The SMILES string of the molecule is CCCCCCCCCCCCCCCCCCCCC(O)C(CO)NC(=O)CCCCCC/C=C\CCCCOC(=O)CCCCCCCCCCCCCCC. The van der Waals surface area contributed by atoms with Gasteiger partial charge < -0.3 is 20.3 Å². The van der Waals surface area contributed by atoms with Crippen LogP contribution in [0.2, 0.25) is 0 Å². The first-order chi connectivity index (χ1) is 28.5. The van der Waals surface area contributed by atoms with Gasteiger partial charge in [0.1, 0.15) is 0 Å². The van der Waals surface area contributed by atoms with Crippen LogP contribution in [0.25, 0.3) is 0 Å². The van der Waals surface area contributed by atoms with Gasteiger partial charge in [0.25, 0.3) is 0 Å². The molecule has 0 aliphatic carbocycles. The van der Waals surface area contributed by atoms with Crippen molar-refractivity contribution in [2.45, 2.75) is 296 Å². The Morgan fingerprint density at radius 2 is 0.810 bits per heavy atom. The third-order valence-corrected chi connectivity index (χ3v) is 12.1. The van der Waals surface area contributed by atoms with E-state index in [2.05, 4.69) is 31.3 Å². The van der Waals surface area contributed by atoms with E-state index in [1.165, 1.54) is 173 Å². The van der Waals surface area contributed by atoms with Crippen molar-refractivity contribution in [2.24, 2.45) is 0 Å². The molecule has 0 aromatic rings. The van der Waals surface area contributed by atoms with Crippen molar-refractivity contribution in [2.75, 3.05) is 13.2 Å². The van der Waals surface area contributed by atoms with Gasteiger partial charge in [-0.25, -0.2) is 0 Å². The summed E-state index contributed by atoms with van der Waals surface area (Å²) in [4.78, 5) is 24.4. The molecule has 6 nitrogen and oxygen atoms in total. The number of carbonyl (C=O) groups is 2. The molecule has 0 radical (unpaired) electrons. The summed E-state index contributed by atoms with van der Waals surface area (Å²) in [6.07, 6.45) is 54.7. The molecular formula is C52H101NO5. The molecule has 2 unspecified atom stereocenters. The second kappa shape index (κ2) is 48.3. The lowest BCUT2D eigenvalue weighted by Gasteiger charge is -2.22. The minimum Gasteiger partial charge on any atom is -0.466 e. The minimum absolute atomic E-state index is 0.0343. The summed E-state index contributed by atoms with van der Waals surface area (Å²) in [7, 11) is 0. The Bertz CT molecular complexity index is 863. The molecule has 0 heterocycles. The molecule has 0 saturated heterocycles. The largest absolute Gasteiger partial charge is 0.466 e. The first-order valence-electron chi connectivity index (χ1n) is 25.9. The second-order valence-corrected chi connectivity index (χ2v) is 17.9. The predicted octanol–water partition coefficient (Wildman–Crippen LogP) is 15.3. The molecule has 1 amide bonds. The van der Waals surface area contributed by atoms with Crippen molar-refractivity contribution >= 4 is 11.9 Å². The quantitative estimate of drug-likeness (QED) is 0.0323. The van der Waals surface area contributed by atoms with E-state index in [0.29, 0.717) is 25.9 Å². The maximum Gasteiger partial charge on any atom is 0.305 e. The highest BCUT2D eigenvalue weighted by atomic mass is 16.5. The van der Waals surface area contributed by atoms with Gasteiger partial charge in [-0.05, 0) is 51.4 Å². The molecule has 344 valence electrons. The molecule has 58 heavy (non-hydrogen) atoms. The number of esters is 1. The van der Waals surface area contributed by atoms with Crippen LogP contribution in [0.3, 0.4) is 0 Å². The number of allylic oxidation sites excluding steroid dienone is 2. The van der Waals surface area contributed by atoms with Gasteiger partial charge in [-0.2, -0.15) is 0 Å². The maximum atomic E-state index is 12.4. The lowest BCUT2D eigenvalue weighted by Crippen LogP contribution is -2.45. The van der Waals surface area contributed by atoms with E-state index in [-0.39, 0.29) is 18.5 Å². The van der Waals surface area contributed by atoms with Crippen LogP contribution >= 0.6 is 0 Å². The molecular weight excluding hydrogens is 719 g/mol. The topological polar surface area (TPSA) is 95.9 Å². The Balaban J connectivity index is 3.52. The summed E-state index contributed by atoms with van der Waals surface area (Å²) in [6.45, 7) is 4.88. The van der Waals surface area contributed by atoms with Crippen molar-refractivity contribution < 1.29 is 24.5 Å². The van der Waals surface area contributed by atoms with Gasteiger partial charge in [-0.3, -0.25) is 9.59 Å². The molecule has 0 rings (SSSR count). The van der Waals surface area contributed by atoms with Crippen molar-refractivity contribution in [1.82, 2.24) is 5.32 Å². The molecule has 0 aliphatic rings. The average molecular weight is 820 g/mol. The molecule has 0 aromatic carbocycles. The fraction of sp³-hybridized carbons (Fsp3) is 0.923. The van der Waals surface area contributed by atoms with Gasteiger partial charge in [0.15, 0.2) is 0 Å². The van der Waals surface area contributed by atoms with E-state index < -0.39 is 12.1 Å². The summed E-state index contributed by atoms with van der Waals surface area (Å²) in [6, 6.07) is -0.565. The van der Waals surface area contributed by atoms with Crippen molar-refractivity contribution in [3.63, 3.8) is 0 Å². The Labute approximate surface area is 361 Å². The fourth-order valence-electron chi connectivity index (χ4n) is 8.05. The maximum absolute atomic E-state index is 12.4. The van der Waals surface area contributed by atoms with Gasteiger partial charge in [-0.15, -0.1) is 0 Å². The van der Waals surface area contributed by atoms with Gasteiger partial charge in [0, 0.05) is 12.8 Å². The van der Waals surface area contributed by atoms with Crippen LogP contribution in [0.4, 0.5) is 0 Å². The van der Waals surface area contributed by atoms with E-state index in [4.69, 9.17) is 4.74 Å². The zero-order chi connectivity index (χ0) is 42.3. The Morgan fingerprint density at radius 1 is 0.466 bits per heavy atom. The average Bonchev–Trinajstić information content (AvgIpc) is 3.22. The highest BCUT2D eigenvalue weighted by molar-refractivity contribution is 5.76. The highest BCUT2D eigenvalue weighted by Crippen LogP contribution is 2.17. The lowest BCUT2D eigenvalue weighted by molar-refractivity contribution is -0.143. The molecule has 0 aliphatic heterocycles. The number of hydrogen-bond donors (Lipinski definition) is 3. The second-order valence-electron chi connectivity index (χ2n) is 17.9. The van der Waals surface area contributed by atoms with Crippen LogP contribution in [0.5, 0.6) is 0 Å². The van der Waals surface area contributed by atoms with E-state index >= 15 is 0 Å². The molecule has 0 saturated carbocycles. The lowest BCUT2D eigenvalue weighted by atomic mass is 10.0. The number of nitrogens with one attached hydrogen (secondary N) is 1. The summed E-state index contributed by atoms with van der Waals surface area (Å²) in [5.41, 5.74) is 0. The molecule has 3 N–H and O–H groups in total. The number of hydrogen-bond acceptors (Lipinski definition) is 5. The Kier molecular flexibility index (Phi) is 47.1. The summed E-state index contributed by atoms with van der Waals surface area (Å²) < 4.78 is 5.43. The Hall–Kier alpha value is -1.40. The van der Waals surface area contributed by atoms with E-state index in [1.807, 2.05) is 0 Å². The minimum atomic E-state index is -0.685. The number of carbonyl (C=O) groups excluding carboxylic acids is 2. The first-order valence-corrected chi connectivity index (χ1v) is 25.9. The fourth-order valence-corrected chi connectivity index (χ4v) is 8.05. The van der Waals surface area contributed by atoms with Gasteiger partial charge in [0.05, 0.1) is 25.4 Å². The van der Waals surface area contributed by atoms with Crippen LogP contribution < -0.4 is 5.32 Å².